The number of benzene rings is 1. The van der Waals surface area contributed by atoms with Gasteiger partial charge in [-0.25, -0.2) is 0 Å². The Kier molecular flexibility index (Phi) is 6.95. The fraction of sp³-hybridized carbons (Fsp3) is 0.375. The lowest BCUT2D eigenvalue weighted by Crippen LogP contribution is -2.35. The number of rotatable bonds is 7. The number of likely N-dealkylation sites (N-methyl/N-ethyl adjacent to an activating group) is 1. The van der Waals surface area contributed by atoms with E-state index in [1.165, 1.54) is 11.0 Å². The van der Waals surface area contributed by atoms with Crippen molar-refractivity contribution >= 4 is 17.9 Å². The van der Waals surface area contributed by atoms with E-state index in [-0.39, 0.29) is 18.4 Å². The summed E-state index contributed by atoms with van der Waals surface area (Å²) in [7, 11) is 4.84. The molecule has 0 fully saturated rings. The quantitative estimate of drug-likeness (QED) is 0.771. The summed E-state index contributed by atoms with van der Waals surface area (Å²) in [6.45, 7) is 2.39. The Labute approximate surface area is 130 Å². The second-order valence-corrected chi connectivity index (χ2v) is 4.68. The van der Waals surface area contributed by atoms with Crippen LogP contribution in [0.5, 0.6) is 11.5 Å². The molecule has 0 saturated carbocycles. The van der Waals surface area contributed by atoms with Crippen molar-refractivity contribution in [1.82, 2.24) is 10.2 Å². The maximum absolute atomic E-state index is 11.7. The molecule has 0 atom stereocenters. The van der Waals surface area contributed by atoms with Crippen molar-refractivity contribution < 1.29 is 19.1 Å². The molecular formula is C16H22N2O4. The highest BCUT2D eigenvalue weighted by Crippen LogP contribution is 2.28. The zero-order chi connectivity index (χ0) is 16.5. The van der Waals surface area contributed by atoms with Gasteiger partial charge in [-0.1, -0.05) is 6.07 Å². The van der Waals surface area contributed by atoms with E-state index in [4.69, 9.17) is 9.47 Å². The molecule has 0 aliphatic rings. The van der Waals surface area contributed by atoms with Gasteiger partial charge in [-0.05, 0) is 30.7 Å². The predicted octanol–water partition coefficient (Wildman–Crippen LogP) is 1.31. The number of nitrogens with one attached hydrogen (secondary N) is 1. The molecule has 0 aliphatic carbocycles. The largest absolute Gasteiger partial charge is 0.493 e. The zero-order valence-electron chi connectivity index (χ0n) is 13.4. The lowest BCUT2D eigenvalue weighted by molar-refractivity contribution is -0.129. The van der Waals surface area contributed by atoms with Gasteiger partial charge in [0.2, 0.25) is 11.8 Å². The summed E-state index contributed by atoms with van der Waals surface area (Å²) < 4.78 is 10.7. The average Bonchev–Trinajstić information content (AvgIpc) is 2.50. The van der Waals surface area contributed by atoms with Crippen LogP contribution in [0.2, 0.25) is 0 Å². The SMILES string of the molecule is CCOc1cc(/C=C/C(=O)NCC(=O)N(C)C)ccc1OC. The molecule has 0 spiro atoms. The summed E-state index contributed by atoms with van der Waals surface area (Å²) in [5, 5.41) is 2.52. The Bertz CT molecular complexity index is 553. The van der Waals surface area contributed by atoms with Crippen LogP contribution >= 0.6 is 0 Å². The second-order valence-electron chi connectivity index (χ2n) is 4.68. The first-order valence-electron chi connectivity index (χ1n) is 6.94. The molecule has 0 unspecified atom stereocenters. The molecular weight excluding hydrogens is 284 g/mol. The number of hydrogen-bond donors (Lipinski definition) is 1. The van der Waals surface area contributed by atoms with Crippen molar-refractivity contribution in [1.29, 1.82) is 0 Å². The summed E-state index contributed by atoms with van der Waals surface area (Å²) >= 11 is 0. The van der Waals surface area contributed by atoms with Crippen molar-refractivity contribution in [3.8, 4) is 11.5 Å². The summed E-state index contributed by atoms with van der Waals surface area (Å²) in [4.78, 5) is 24.4. The van der Waals surface area contributed by atoms with Crippen molar-refractivity contribution in [3.05, 3.63) is 29.8 Å². The first kappa shape index (κ1) is 17.6. The molecule has 1 N–H and O–H groups in total. The number of methoxy groups -OCH3 is 1. The van der Waals surface area contributed by atoms with E-state index < -0.39 is 0 Å². The lowest BCUT2D eigenvalue weighted by atomic mass is 10.2. The minimum atomic E-state index is -0.330. The highest BCUT2D eigenvalue weighted by molar-refractivity contribution is 5.94. The maximum atomic E-state index is 11.7. The summed E-state index contributed by atoms with van der Waals surface area (Å²) in [5.74, 6) is 0.768. The molecule has 0 aromatic heterocycles. The molecule has 120 valence electrons. The van der Waals surface area contributed by atoms with Gasteiger partial charge in [-0.15, -0.1) is 0 Å². The van der Waals surface area contributed by atoms with Crippen LogP contribution in [0.4, 0.5) is 0 Å². The van der Waals surface area contributed by atoms with E-state index in [1.807, 2.05) is 13.0 Å². The highest BCUT2D eigenvalue weighted by Gasteiger charge is 2.06. The third-order valence-corrected chi connectivity index (χ3v) is 2.83. The van der Waals surface area contributed by atoms with Gasteiger partial charge in [0.25, 0.3) is 0 Å². The molecule has 22 heavy (non-hydrogen) atoms. The van der Waals surface area contributed by atoms with Gasteiger partial charge in [-0.3, -0.25) is 9.59 Å². The van der Waals surface area contributed by atoms with Crippen LogP contribution < -0.4 is 14.8 Å². The molecule has 0 bridgehead atoms. The zero-order valence-corrected chi connectivity index (χ0v) is 13.4. The third kappa shape index (κ3) is 5.47. The summed E-state index contributed by atoms with van der Waals surface area (Å²) in [6.07, 6.45) is 3.03. The Morgan fingerprint density at radius 2 is 2.00 bits per heavy atom. The van der Waals surface area contributed by atoms with Crippen molar-refractivity contribution in [3.63, 3.8) is 0 Å². The van der Waals surface area contributed by atoms with Gasteiger partial charge < -0.3 is 19.7 Å². The van der Waals surface area contributed by atoms with E-state index in [2.05, 4.69) is 5.32 Å². The summed E-state index contributed by atoms with van der Waals surface area (Å²) in [6, 6.07) is 5.38. The summed E-state index contributed by atoms with van der Waals surface area (Å²) in [5.41, 5.74) is 0.804. The predicted molar refractivity (Wildman–Crippen MR) is 84.9 cm³/mol. The van der Waals surface area contributed by atoms with E-state index in [1.54, 1.807) is 39.4 Å². The van der Waals surface area contributed by atoms with Crippen LogP contribution in [0.1, 0.15) is 12.5 Å². The minimum Gasteiger partial charge on any atom is -0.493 e. The Hall–Kier alpha value is -2.50. The Morgan fingerprint density at radius 3 is 2.59 bits per heavy atom. The van der Waals surface area contributed by atoms with E-state index in [0.717, 1.165) is 5.56 Å². The topological polar surface area (TPSA) is 67.9 Å². The number of amides is 2. The number of nitrogens with zero attached hydrogens (tertiary/aromatic N) is 1. The molecule has 0 aliphatic heterocycles. The van der Waals surface area contributed by atoms with Crippen molar-refractivity contribution in [2.24, 2.45) is 0 Å². The monoisotopic (exact) mass is 306 g/mol. The number of carbonyl (C=O) groups is 2. The first-order valence-corrected chi connectivity index (χ1v) is 6.94. The molecule has 0 heterocycles. The normalized spacial score (nSPS) is 10.4. The van der Waals surface area contributed by atoms with Crippen LogP contribution in [-0.4, -0.2) is 51.1 Å². The van der Waals surface area contributed by atoms with Crippen molar-refractivity contribution in [2.45, 2.75) is 6.92 Å². The molecule has 6 heteroatoms. The standard InChI is InChI=1S/C16H22N2O4/c1-5-22-14-10-12(6-8-13(14)21-4)7-9-15(19)17-11-16(20)18(2)3/h6-10H,5,11H2,1-4H3,(H,17,19)/b9-7+. The maximum Gasteiger partial charge on any atom is 0.244 e. The fourth-order valence-corrected chi connectivity index (χ4v) is 1.62. The van der Waals surface area contributed by atoms with Gasteiger partial charge in [-0.2, -0.15) is 0 Å². The van der Waals surface area contributed by atoms with Crippen LogP contribution in [0.15, 0.2) is 24.3 Å². The van der Waals surface area contributed by atoms with Gasteiger partial charge >= 0.3 is 0 Å². The molecule has 0 saturated heterocycles. The van der Waals surface area contributed by atoms with Gasteiger partial charge in [0.1, 0.15) is 0 Å². The van der Waals surface area contributed by atoms with Crippen LogP contribution in [0.3, 0.4) is 0 Å². The molecule has 1 aromatic carbocycles. The van der Waals surface area contributed by atoms with Gasteiger partial charge in [0.15, 0.2) is 11.5 Å². The molecule has 0 radical (unpaired) electrons. The number of ether oxygens (including phenoxy) is 2. The number of carbonyl (C=O) groups excluding carboxylic acids is 2. The third-order valence-electron chi connectivity index (χ3n) is 2.83. The Balaban J connectivity index is 2.67. The molecule has 6 nitrogen and oxygen atoms in total. The first-order chi connectivity index (χ1) is 10.5. The van der Waals surface area contributed by atoms with Crippen LogP contribution in [-0.2, 0) is 9.59 Å². The Morgan fingerprint density at radius 1 is 1.27 bits per heavy atom. The van der Waals surface area contributed by atoms with E-state index in [9.17, 15) is 9.59 Å². The van der Waals surface area contributed by atoms with Crippen LogP contribution in [0.25, 0.3) is 6.08 Å². The van der Waals surface area contributed by atoms with Crippen molar-refractivity contribution in [2.75, 3.05) is 34.4 Å². The minimum absolute atomic E-state index is 0.0248. The second kappa shape index (κ2) is 8.71. The molecule has 1 aromatic rings. The van der Waals surface area contributed by atoms with Gasteiger partial charge in [0.05, 0.1) is 20.3 Å². The smallest absolute Gasteiger partial charge is 0.244 e. The molecule has 1 rings (SSSR count). The van der Waals surface area contributed by atoms with E-state index in [0.29, 0.717) is 18.1 Å². The number of hydrogen-bond acceptors (Lipinski definition) is 4. The average molecular weight is 306 g/mol. The fourth-order valence-electron chi connectivity index (χ4n) is 1.62. The molecule has 2 amide bonds. The van der Waals surface area contributed by atoms with E-state index >= 15 is 0 Å². The highest BCUT2D eigenvalue weighted by atomic mass is 16.5. The van der Waals surface area contributed by atoms with Crippen LogP contribution in [0, 0.1) is 0 Å². The lowest BCUT2D eigenvalue weighted by Gasteiger charge is -2.10. The van der Waals surface area contributed by atoms with Gasteiger partial charge in [0, 0.05) is 20.2 Å².